The quantitative estimate of drug-likeness (QED) is 0.447. The number of aromatic nitrogens is 3. The van der Waals surface area contributed by atoms with Gasteiger partial charge in [0, 0.05) is 12.1 Å². The average Bonchev–Trinajstić information content (AvgIpc) is 3.13. The molecule has 0 saturated carbocycles. The van der Waals surface area contributed by atoms with Crippen LogP contribution in [0.2, 0.25) is 0 Å². The number of halogens is 5. The summed E-state index contributed by atoms with van der Waals surface area (Å²) in [6, 6.07) is 9.31. The number of ether oxygens (including phenoxy) is 1. The molecule has 0 bridgehead atoms. The molecular weight excluding hydrogens is 435 g/mol. The SMILES string of the molecule is COc1ccc2c(c1)nc(C(F)(F)F)n2-c1ccc(NC(=O)c2ccc(F)cc2F)nc1. The lowest BCUT2D eigenvalue weighted by molar-refractivity contribution is -0.145. The van der Waals surface area contributed by atoms with Gasteiger partial charge in [0.1, 0.15) is 23.2 Å². The molecule has 0 atom stereocenters. The Balaban J connectivity index is 1.69. The van der Waals surface area contributed by atoms with Crippen LogP contribution in [0.5, 0.6) is 5.75 Å². The summed E-state index contributed by atoms with van der Waals surface area (Å²) in [5.41, 5.74) is -0.131. The van der Waals surface area contributed by atoms with E-state index in [1.54, 1.807) is 0 Å². The molecule has 1 amide bonds. The van der Waals surface area contributed by atoms with Gasteiger partial charge in [-0.1, -0.05) is 0 Å². The molecule has 0 spiro atoms. The van der Waals surface area contributed by atoms with Gasteiger partial charge in [-0.3, -0.25) is 9.36 Å². The minimum atomic E-state index is -4.75. The van der Waals surface area contributed by atoms with Gasteiger partial charge in [-0.25, -0.2) is 18.7 Å². The van der Waals surface area contributed by atoms with Crippen LogP contribution in [0.25, 0.3) is 16.7 Å². The second kappa shape index (κ2) is 7.91. The van der Waals surface area contributed by atoms with E-state index in [-0.39, 0.29) is 22.5 Å². The normalized spacial score (nSPS) is 11.6. The number of alkyl halides is 3. The number of amides is 1. The molecule has 32 heavy (non-hydrogen) atoms. The van der Waals surface area contributed by atoms with Gasteiger partial charge < -0.3 is 10.1 Å². The second-order valence-corrected chi connectivity index (χ2v) is 6.60. The Labute approximate surface area is 177 Å². The molecule has 6 nitrogen and oxygen atoms in total. The zero-order chi connectivity index (χ0) is 23.0. The molecule has 0 aliphatic heterocycles. The first-order chi connectivity index (χ1) is 15.2. The zero-order valence-corrected chi connectivity index (χ0v) is 16.2. The first kappa shape index (κ1) is 21.2. The summed E-state index contributed by atoms with van der Waals surface area (Å²) in [5, 5.41) is 2.31. The number of fused-ring (bicyclic) bond motifs is 1. The van der Waals surface area contributed by atoms with E-state index in [4.69, 9.17) is 4.74 Å². The van der Waals surface area contributed by atoms with E-state index in [1.807, 2.05) is 0 Å². The predicted molar refractivity (Wildman–Crippen MR) is 105 cm³/mol. The monoisotopic (exact) mass is 448 g/mol. The van der Waals surface area contributed by atoms with Crippen LogP contribution >= 0.6 is 0 Å². The Hall–Kier alpha value is -4.02. The molecule has 4 aromatic rings. The molecule has 164 valence electrons. The highest BCUT2D eigenvalue weighted by atomic mass is 19.4. The number of methoxy groups -OCH3 is 1. The molecule has 2 aromatic carbocycles. The van der Waals surface area contributed by atoms with Gasteiger partial charge in [0.2, 0.25) is 5.82 Å². The van der Waals surface area contributed by atoms with E-state index < -0.39 is 35.1 Å². The van der Waals surface area contributed by atoms with Crippen LogP contribution in [0.15, 0.2) is 54.7 Å². The van der Waals surface area contributed by atoms with Crippen molar-refractivity contribution >= 4 is 22.8 Å². The van der Waals surface area contributed by atoms with Crippen LogP contribution in [-0.4, -0.2) is 27.6 Å². The molecule has 11 heteroatoms. The topological polar surface area (TPSA) is 69.0 Å². The van der Waals surface area contributed by atoms with Gasteiger partial charge in [-0.15, -0.1) is 0 Å². The number of nitrogens with one attached hydrogen (secondary N) is 1. The van der Waals surface area contributed by atoms with Crippen LogP contribution in [0.3, 0.4) is 0 Å². The van der Waals surface area contributed by atoms with Crippen molar-refractivity contribution in [3.05, 3.63) is 77.8 Å². The maximum Gasteiger partial charge on any atom is 0.450 e. The van der Waals surface area contributed by atoms with Crippen molar-refractivity contribution in [1.82, 2.24) is 14.5 Å². The summed E-state index contributed by atoms with van der Waals surface area (Å²) in [6.45, 7) is 0. The number of imidazole rings is 1. The molecule has 4 rings (SSSR count). The van der Waals surface area contributed by atoms with Gasteiger partial charge in [-0.2, -0.15) is 13.2 Å². The summed E-state index contributed by atoms with van der Waals surface area (Å²) < 4.78 is 73.5. The fourth-order valence-electron chi connectivity index (χ4n) is 3.09. The lowest BCUT2D eigenvalue weighted by atomic mass is 10.2. The third kappa shape index (κ3) is 3.96. The van der Waals surface area contributed by atoms with Gasteiger partial charge >= 0.3 is 6.18 Å². The largest absolute Gasteiger partial charge is 0.497 e. The lowest BCUT2D eigenvalue weighted by Crippen LogP contribution is -2.16. The minimum absolute atomic E-state index is 0.0379. The van der Waals surface area contributed by atoms with E-state index >= 15 is 0 Å². The summed E-state index contributed by atoms with van der Waals surface area (Å²) in [6.07, 6.45) is -3.64. The van der Waals surface area contributed by atoms with Crippen LogP contribution in [0.1, 0.15) is 16.2 Å². The molecule has 0 aliphatic rings. The fraction of sp³-hybridized carbons (Fsp3) is 0.0952. The zero-order valence-electron chi connectivity index (χ0n) is 16.2. The summed E-state index contributed by atoms with van der Waals surface area (Å²) >= 11 is 0. The highest BCUT2D eigenvalue weighted by Gasteiger charge is 2.38. The van der Waals surface area contributed by atoms with Crippen molar-refractivity contribution in [3.8, 4) is 11.4 Å². The maximum atomic E-state index is 13.8. The Morgan fingerprint density at radius 1 is 1.06 bits per heavy atom. The Kier molecular flexibility index (Phi) is 5.25. The molecule has 2 aromatic heterocycles. The molecule has 0 unspecified atom stereocenters. The number of hydrogen-bond acceptors (Lipinski definition) is 4. The van der Waals surface area contributed by atoms with E-state index in [1.165, 1.54) is 37.4 Å². The highest BCUT2D eigenvalue weighted by molar-refractivity contribution is 6.03. The Bertz CT molecular complexity index is 1320. The first-order valence-corrected chi connectivity index (χ1v) is 9.04. The van der Waals surface area contributed by atoms with E-state index in [0.29, 0.717) is 11.8 Å². The number of hydrogen-bond donors (Lipinski definition) is 1. The number of rotatable bonds is 4. The number of carbonyl (C=O) groups is 1. The summed E-state index contributed by atoms with van der Waals surface area (Å²) in [4.78, 5) is 19.8. The van der Waals surface area contributed by atoms with Crippen molar-refractivity contribution in [2.24, 2.45) is 0 Å². The first-order valence-electron chi connectivity index (χ1n) is 9.04. The number of nitrogens with zero attached hydrogens (tertiary/aromatic N) is 3. The van der Waals surface area contributed by atoms with E-state index in [9.17, 15) is 26.7 Å². The second-order valence-electron chi connectivity index (χ2n) is 6.60. The molecule has 0 aliphatic carbocycles. The smallest absolute Gasteiger partial charge is 0.450 e. The van der Waals surface area contributed by atoms with E-state index in [2.05, 4.69) is 15.3 Å². The fourth-order valence-corrected chi connectivity index (χ4v) is 3.09. The predicted octanol–water partition coefficient (Wildman–Crippen LogP) is 4.98. The molecule has 0 fully saturated rings. The molecule has 0 saturated heterocycles. The number of carbonyl (C=O) groups excluding carboxylic acids is 1. The van der Waals surface area contributed by atoms with Gasteiger partial charge in [-0.05, 0) is 36.4 Å². The Morgan fingerprint density at radius 2 is 1.84 bits per heavy atom. The standard InChI is InChI=1S/C21H13F5N4O2/c1-32-13-4-6-17-16(9-13)28-20(21(24,25)26)30(17)12-3-7-18(27-10-12)29-19(31)14-5-2-11(22)8-15(14)23/h2-10H,1H3,(H,27,29,31). The van der Waals surface area contributed by atoms with Crippen LogP contribution in [0.4, 0.5) is 27.8 Å². The highest BCUT2D eigenvalue weighted by Crippen LogP contribution is 2.34. The van der Waals surface area contributed by atoms with Crippen molar-refractivity contribution in [1.29, 1.82) is 0 Å². The van der Waals surface area contributed by atoms with Gasteiger partial charge in [0.15, 0.2) is 0 Å². The third-order valence-corrected chi connectivity index (χ3v) is 4.54. The maximum absolute atomic E-state index is 13.8. The summed E-state index contributed by atoms with van der Waals surface area (Å²) in [7, 11) is 1.39. The van der Waals surface area contributed by atoms with Gasteiger partial charge in [0.25, 0.3) is 5.91 Å². The van der Waals surface area contributed by atoms with Crippen LogP contribution < -0.4 is 10.1 Å². The van der Waals surface area contributed by atoms with Crippen LogP contribution in [-0.2, 0) is 6.18 Å². The number of benzene rings is 2. The molecule has 1 N–H and O–H groups in total. The third-order valence-electron chi connectivity index (χ3n) is 4.54. The van der Waals surface area contributed by atoms with Crippen LogP contribution in [0, 0.1) is 11.6 Å². The molecular formula is C21H13F5N4O2. The average molecular weight is 448 g/mol. The Morgan fingerprint density at radius 3 is 2.47 bits per heavy atom. The molecule has 0 radical (unpaired) electrons. The number of pyridine rings is 1. The van der Waals surface area contributed by atoms with Crippen molar-refractivity contribution in [3.63, 3.8) is 0 Å². The van der Waals surface area contributed by atoms with Crippen molar-refractivity contribution < 1.29 is 31.5 Å². The number of anilines is 1. The minimum Gasteiger partial charge on any atom is -0.497 e. The van der Waals surface area contributed by atoms with Gasteiger partial charge in [0.05, 0.1) is 35.6 Å². The molecule has 2 heterocycles. The summed E-state index contributed by atoms with van der Waals surface area (Å²) in [5.74, 6) is -3.64. The van der Waals surface area contributed by atoms with E-state index in [0.717, 1.165) is 22.9 Å². The van der Waals surface area contributed by atoms with Crippen molar-refractivity contribution in [2.75, 3.05) is 12.4 Å². The lowest BCUT2D eigenvalue weighted by Gasteiger charge is -2.12. The van der Waals surface area contributed by atoms with Crippen molar-refractivity contribution in [2.45, 2.75) is 6.18 Å².